The van der Waals surface area contributed by atoms with Gasteiger partial charge >= 0.3 is 0 Å². The number of carbonyl (C=O) groups is 1. The number of nitrogens with zero attached hydrogens (tertiary/aromatic N) is 1. The van der Waals surface area contributed by atoms with Crippen LogP contribution in [0.3, 0.4) is 0 Å². The standard InChI is InChI=1S/C13H19N3O2/c1-8-4-12(16-18-8)15-13(17)7-9-5-10-2-3-11(6-9)14-10/h4,9-11,14H,2-3,5-7H2,1H3,(H,15,16,17). The van der Waals surface area contributed by atoms with Crippen molar-refractivity contribution in [2.45, 2.75) is 51.1 Å². The van der Waals surface area contributed by atoms with Crippen molar-refractivity contribution in [2.24, 2.45) is 5.92 Å². The maximum atomic E-state index is 11.9. The molecule has 2 aliphatic heterocycles. The highest BCUT2D eigenvalue weighted by Crippen LogP contribution is 2.32. The van der Waals surface area contributed by atoms with Gasteiger partial charge in [0.15, 0.2) is 5.82 Å². The van der Waals surface area contributed by atoms with Crippen LogP contribution >= 0.6 is 0 Å². The fourth-order valence-electron chi connectivity index (χ4n) is 3.22. The summed E-state index contributed by atoms with van der Waals surface area (Å²) < 4.78 is 4.92. The number of hydrogen-bond acceptors (Lipinski definition) is 4. The second kappa shape index (κ2) is 4.72. The number of amides is 1. The maximum absolute atomic E-state index is 11.9. The van der Waals surface area contributed by atoms with Crippen LogP contribution in [-0.2, 0) is 4.79 Å². The van der Waals surface area contributed by atoms with E-state index in [1.165, 1.54) is 12.8 Å². The molecule has 0 radical (unpaired) electrons. The van der Waals surface area contributed by atoms with Gasteiger partial charge in [-0.25, -0.2) is 0 Å². The van der Waals surface area contributed by atoms with E-state index in [4.69, 9.17) is 4.52 Å². The molecule has 2 atom stereocenters. The minimum absolute atomic E-state index is 0.0506. The first-order valence-corrected chi connectivity index (χ1v) is 6.68. The molecule has 3 heterocycles. The zero-order valence-electron chi connectivity index (χ0n) is 10.6. The van der Waals surface area contributed by atoms with E-state index in [0.29, 0.717) is 36.0 Å². The number of aryl methyl sites for hydroxylation is 1. The fraction of sp³-hybridized carbons (Fsp3) is 0.692. The summed E-state index contributed by atoms with van der Waals surface area (Å²) in [5.41, 5.74) is 0. The molecule has 2 fully saturated rings. The second-order valence-electron chi connectivity index (χ2n) is 5.55. The summed E-state index contributed by atoms with van der Waals surface area (Å²) in [5, 5.41) is 10.2. The topological polar surface area (TPSA) is 67.2 Å². The minimum atomic E-state index is 0.0506. The van der Waals surface area contributed by atoms with Crippen LogP contribution in [0.5, 0.6) is 0 Å². The van der Waals surface area contributed by atoms with Gasteiger partial charge in [0.2, 0.25) is 5.91 Å². The normalized spacial score (nSPS) is 30.4. The highest BCUT2D eigenvalue weighted by molar-refractivity contribution is 5.89. The smallest absolute Gasteiger partial charge is 0.225 e. The predicted octanol–water partition coefficient (Wildman–Crippen LogP) is 1.84. The number of fused-ring (bicyclic) bond motifs is 2. The Labute approximate surface area is 106 Å². The molecule has 18 heavy (non-hydrogen) atoms. The van der Waals surface area contributed by atoms with Gasteiger partial charge in [0, 0.05) is 24.6 Å². The molecule has 0 saturated carbocycles. The average Bonchev–Trinajstić information content (AvgIpc) is 2.85. The average molecular weight is 249 g/mol. The molecule has 2 unspecified atom stereocenters. The Hall–Kier alpha value is -1.36. The molecule has 1 aromatic heterocycles. The van der Waals surface area contributed by atoms with Crippen LogP contribution in [0.15, 0.2) is 10.6 Å². The molecule has 98 valence electrons. The van der Waals surface area contributed by atoms with E-state index in [0.717, 1.165) is 12.8 Å². The molecule has 2 bridgehead atoms. The summed E-state index contributed by atoms with van der Waals surface area (Å²) in [4.78, 5) is 11.9. The number of piperidine rings is 1. The molecule has 2 saturated heterocycles. The molecule has 5 nitrogen and oxygen atoms in total. The lowest BCUT2D eigenvalue weighted by Gasteiger charge is -2.28. The SMILES string of the molecule is Cc1cc(NC(=O)CC2CC3CCC(C2)N3)no1. The Kier molecular flexibility index (Phi) is 3.07. The Morgan fingerprint density at radius 2 is 2.22 bits per heavy atom. The Balaban J connectivity index is 1.52. The van der Waals surface area contributed by atoms with Crippen molar-refractivity contribution in [3.8, 4) is 0 Å². The van der Waals surface area contributed by atoms with Gasteiger partial charge in [0.05, 0.1) is 0 Å². The van der Waals surface area contributed by atoms with Gasteiger partial charge in [0.25, 0.3) is 0 Å². The van der Waals surface area contributed by atoms with Gasteiger partial charge in [-0.1, -0.05) is 5.16 Å². The van der Waals surface area contributed by atoms with E-state index in [1.54, 1.807) is 6.07 Å². The van der Waals surface area contributed by atoms with Gasteiger partial charge in [0.1, 0.15) is 5.76 Å². The van der Waals surface area contributed by atoms with Crippen molar-refractivity contribution in [1.82, 2.24) is 10.5 Å². The molecule has 1 aromatic rings. The third-order valence-electron chi connectivity index (χ3n) is 3.94. The van der Waals surface area contributed by atoms with Crippen molar-refractivity contribution in [3.05, 3.63) is 11.8 Å². The van der Waals surface area contributed by atoms with Crippen molar-refractivity contribution in [3.63, 3.8) is 0 Å². The van der Waals surface area contributed by atoms with E-state index in [1.807, 2.05) is 6.92 Å². The van der Waals surface area contributed by atoms with Gasteiger partial charge in [-0.05, 0) is 38.5 Å². The summed E-state index contributed by atoms with van der Waals surface area (Å²) in [6, 6.07) is 3.01. The summed E-state index contributed by atoms with van der Waals surface area (Å²) in [6.45, 7) is 1.81. The molecule has 3 rings (SSSR count). The van der Waals surface area contributed by atoms with Crippen molar-refractivity contribution < 1.29 is 9.32 Å². The summed E-state index contributed by atoms with van der Waals surface area (Å²) in [7, 11) is 0. The highest BCUT2D eigenvalue weighted by Gasteiger charge is 2.34. The van der Waals surface area contributed by atoms with E-state index < -0.39 is 0 Å². The van der Waals surface area contributed by atoms with E-state index in [-0.39, 0.29) is 5.91 Å². The largest absolute Gasteiger partial charge is 0.360 e. The maximum Gasteiger partial charge on any atom is 0.225 e. The molecule has 0 aromatic carbocycles. The van der Waals surface area contributed by atoms with Crippen molar-refractivity contribution in [2.75, 3.05) is 5.32 Å². The number of anilines is 1. The van der Waals surface area contributed by atoms with Crippen LogP contribution in [0.1, 0.15) is 37.9 Å². The third kappa shape index (κ3) is 2.56. The molecular weight excluding hydrogens is 230 g/mol. The van der Waals surface area contributed by atoms with Crippen LogP contribution in [-0.4, -0.2) is 23.1 Å². The second-order valence-corrected chi connectivity index (χ2v) is 5.55. The van der Waals surface area contributed by atoms with E-state index >= 15 is 0 Å². The van der Waals surface area contributed by atoms with Gasteiger partial charge in [-0.3, -0.25) is 4.79 Å². The molecule has 2 N–H and O–H groups in total. The molecule has 2 aliphatic rings. The fourth-order valence-corrected chi connectivity index (χ4v) is 3.22. The number of nitrogens with one attached hydrogen (secondary N) is 2. The number of carbonyl (C=O) groups excluding carboxylic acids is 1. The molecule has 1 amide bonds. The first-order chi connectivity index (χ1) is 8.69. The highest BCUT2D eigenvalue weighted by atomic mass is 16.5. The zero-order valence-corrected chi connectivity index (χ0v) is 10.6. The van der Waals surface area contributed by atoms with Crippen LogP contribution < -0.4 is 10.6 Å². The van der Waals surface area contributed by atoms with Gasteiger partial charge in [-0.15, -0.1) is 0 Å². The van der Waals surface area contributed by atoms with Gasteiger partial charge in [-0.2, -0.15) is 0 Å². The molecule has 0 spiro atoms. The first kappa shape index (κ1) is 11.7. The summed E-state index contributed by atoms with van der Waals surface area (Å²) in [6.07, 6.45) is 5.39. The van der Waals surface area contributed by atoms with Crippen LogP contribution in [0.25, 0.3) is 0 Å². The number of aromatic nitrogens is 1. The summed E-state index contributed by atoms with van der Waals surface area (Å²) >= 11 is 0. The third-order valence-corrected chi connectivity index (χ3v) is 3.94. The minimum Gasteiger partial charge on any atom is -0.360 e. The molecule has 5 heteroatoms. The van der Waals surface area contributed by atoms with E-state index in [2.05, 4.69) is 15.8 Å². The lowest BCUT2D eigenvalue weighted by molar-refractivity contribution is -0.117. The lowest BCUT2D eigenvalue weighted by atomic mass is 9.89. The summed E-state index contributed by atoms with van der Waals surface area (Å²) in [5.74, 6) is 1.80. The lowest BCUT2D eigenvalue weighted by Crippen LogP contribution is -2.39. The van der Waals surface area contributed by atoms with Crippen LogP contribution in [0.2, 0.25) is 0 Å². The zero-order chi connectivity index (χ0) is 12.5. The number of hydrogen-bond donors (Lipinski definition) is 2. The molecule has 0 aliphatic carbocycles. The monoisotopic (exact) mass is 249 g/mol. The van der Waals surface area contributed by atoms with Crippen LogP contribution in [0, 0.1) is 12.8 Å². The Morgan fingerprint density at radius 3 is 2.83 bits per heavy atom. The van der Waals surface area contributed by atoms with E-state index in [9.17, 15) is 4.79 Å². The van der Waals surface area contributed by atoms with Crippen molar-refractivity contribution >= 4 is 11.7 Å². The van der Waals surface area contributed by atoms with Crippen molar-refractivity contribution in [1.29, 1.82) is 0 Å². The quantitative estimate of drug-likeness (QED) is 0.857. The van der Waals surface area contributed by atoms with Gasteiger partial charge < -0.3 is 15.2 Å². The Morgan fingerprint density at radius 1 is 1.50 bits per heavy atom. The Bertz CT molecular complexity index is 431. The number of rotatable bonds is 3. The first-order valence-electron chi connectivity index (χ1n) is 6.68. The van der Waals surface area contributed by atoms with Crippen LogP contribution in [0.4, 0.5) is 5.82 Å². The molecular formula is C13H19N3O2. The predicted molar refractivity (Wildman–Crippen MR) is 67.2 cm³/mol.